The Balaban J connectivity index is 1.78. The van der Waals surface area contributed by atoms with Gasteiger partial charge in [0.25, 0.3) is 0 Å². The molecule has 1 aromatic carbocycles. The standard InChI is InChI=1S/C28H38N2O5/c1-3-34-26(31)19-20-30-25-16-9-8-13-22(25)14-10-15-23(27(30)32)29-24(28(33)35-4-2)18-17-21-11-6-5-7-12-21/h5-9,11-12,16,22-24,29H,3-4,10,13-15,17-20H2,1-2H3. The molecular weight excluding hydrogens is 444 g/mol. The molecule has 3 rings (SSSR count). The van der Waals surface area contributed by atoms with Crippen LogP contribution in [0, 0.1) is 5.92 Å². The summed E-state index contributed by atoms with van der Waals surface area (Å²) >= 11 is 0. The molecule has 0 aromatic heterocycles. The van der Waals surface area contributed by atoms with Gasteiger partial charge in [-0.2, -0.15) is 0 Å². The van der Waals surface area contributed by atoms with Crippen molar-refractivity contribution in [2.45, 2.75) is 70.9 Å². The lowest BCUT2D eigenvalue weighted by atomic mass is 9.87. The fourth-order valence-corrected chi connectivity index (χ4v) is 4.79. The molecule has 7 nitrogen and oxygen atoms in total. The number of amides is 1. The second kappa shape index (κ2) is 13.8. The normalized spacial score (nSPS) is 20.8. The molecule has 1 heterocycles. The minimum Gasteiger partial charge on any atom is -0.466 e. The highest BCUT2D eigenvalue weighted by molar-refractivity contribution is 5.85. The Hall–Kier alpha value is -2.93. The number of likely N-dealkylation sites (tertiary alicyclic amines) is 1. The Labute approximate surface area is 208 Å². The summed E-state index contributed by atoms with van der Waals surface area (Å²) < 4.78 is 10.4. The van der Waals surface area contributed by atoms with Gasteiger partial charge in [-0.15, -0.1) is 0 Å². The first-order valence-electron chi connectivity index (χ1n) is 12.8. The average molecular weight is 483 g/mol. The van der Waals surface area contributed by atoms with Crippen LogP contribution < -0.4 is 5.32 Å². The van der Waals surface area contributed by atoms with Gasteiger partial charge in [-0.25, -0.2) is 0 Å². The first kappa shape index (κ1) is 26.7. The highest BCUT2D eigenvalue weighted by Gasteiger charge is 2.35. The molecule has 0 saturated carbocycles. The molecule has 3 atom stereocenters. The van der Waals surface area contributed by atoms with Gasteiger partial charge in [0.15, 0.2) is 0 Å². The Morgan fingerprint density at radius 2 is 1.89 bits per heavy atom. The van der Waals surface area contributed by atoms with Crippen LogP contribution in [0.25, 0.3) is 0 Å². The molecule has 0 radical (unpaired) electrons. The van der Waals surface area contributed by atoms with Gasteiger partial charge in [0.05, 0.1) is 25.7 Å². The van der Waals surface area contributed by atoms with Crippen molar-refractivity contribution < 1.29 is 23.9 Å². The highest BCUT2D eigenvalue weighted by Crippen LogP contribution is 2.32. The van der Waals surface area contributed by atoms with Crippen molar-refractivity contribution in [2.24, 2.45) is 5.92 Å². The number of benzene rings is 1. The van der Waals surface area contributed by atoms with E-state index in [1.165, 1.54) is 0 Å². The summed E-state index contributed by atoms with van der Waals surface area (Å²) in [7, 11) is 0. The number of ether oxygens (including phenoxy) is 2. The molecule has 35 heavy (non-hydrogen) atoms. The van der Waals surface area contributed by atoms with E-state index in [0.29, 0.717) is 25.9 Å². The summed E-state index contributed by atoms with van der Waals surface area (Å²) in [4.78, 5) is 40.4. The summed E-state index contributed by atoms with van der Waals surface area (Å²) in [6, 6.07) is 8.86. The molecule has 1 N–H and O–H groups in total. The van der Waals surface area contributed by atoms with E-state index in [2.05, 4.69) is 11.4 Å². The number of nitrogens with one attached hydrogen (secondary N) is 1. The van der Waals surface area contributed by atoms with Gasteiger partial charge in [0, 0.05) is 18.2 Å². The second-order valence-corrected chi connectivity index (χ2v) is 8.98. The number of fused-ring (bicyclic) bond motifs is 1. The first-order chi connectivity index (χ1) is 17.0. The lowest BCUT2D eigenvalue weighted by molar-refractivity contribution is -0.146. The highest BCUT2D eigenvalue weighted by atomic mass is 16.5. The van der Waals surface area contributed by atoms with Crippen LogP contribution in [-0.2, 0) is 30.3 Å². The van der Waals surface area contributed by atoms with E-state index in [4.69, 9.17) is 9.47 Å². The maximum atomic E-state index is 13.8. The molecule has 1 saturated heterocycles. The largest absolute Gasteiger partial charge is 0.466 e. The molecule has 1 amide bonds. The number of carbonyl (C=O) groups excluding carboxylic acids is 3. The number of hydrogen-bond acceptors (Lipinski definition) is 6. The Morgan fingerprint density at radius 3 is 2.63 bits per heavy atom. The van der Waals surface area contributed by atoms with Crippen LogP contribution in [0.2, 0.25) is 0 Å². The lowest BCUT2D eigenvalue weighted by Crippen LogP contribution is -2.54. The van der Waals surface area contributed by atoms with Crippen LogP contribution >= 0.6 is 0 Å². The summed E-state index contributed by atoms with van der Waals surface area (Å²) in [5, 5.41) is 3.34. The summed E-state index contributed by atoms with van der Waals surface area (Å²) in [5.74, 6) is -0.503. The average Bonchev–Trinajstić information content (AvgIpc) is 2.86. The van der Waals surface area contributed by atoms with E-state index in [0.717, 1.165) is 30.5 Å². The molecule has 1 aliphatic carbocycles. The maximum Gasteiger partial charge on any atom is 0.323 e. The topological polar surface area (TPSA) is 84.9 Å². The Morgan fingerprint density at radius 1 is 1.11 bits per heavy atom. The van der Waals surface area contributed by atoms with E-state index < -0.39 is 12.1 Å². The minimum atomic E-state index is -0.591. The van der Waals surface area contributed by atoms with Crippen LogP contribution in [0.1, 0.15) is 57.9 Å². The van der Waals surface area contributed by atoms with Crippen LogP contribution in [-0.4, -0.2) is 54.6 Å². The van der Waals surface area contributed by atoms with Crippen LogP contribution in [0.3, 0.4) is 0 Å². The molecule has 2 aliphatic rings. The van der Waals surface area contributed by atoms with Crippen LogP contribution in [0.4, 0.5) is 0 Å². The van der Waals surface area contributed by atoms with Crippen molar-refractivity contribution in [1.82, 2.24) is 10.2 Å². The number of rotatable bonds is 11. The quantitative estimate of drug-likeness (QED) is 0.481. The number of nitrogens with zero attached hydrogens (tertiary/aromatic N) is 1. The molecule has 1 aliphatic heterocycles. The van der Waals surface area contributed by atoms with Crippen LogP contribution in [0.5, 0.6) is 0 Å². The van der Waals surface area contributed by atoms with E-state index >= 15 is 0 Å². The Bertz CT molecular complexity index is 911. The number of allylic oxidation sites excluding steroid dienone is 4. The third-order valence-electron chi connectivity index (χ3n) is 6.55. The maximum absolute atomic E-state index is 13.8. The number of esters is 2. The van der Waals surface area contributed by atoms with Crippen molar-refractivity contribution in [2.75, 3.05) is 19.8 Å². The van der Waals surface area contributed by atoms with Gasteiger partial charge in [0.2, 0.25) is 5.91 Å². The number of carbonyl (C=O) groups is 3. The van der Waals surface area contributed by atoms with Crippen molar-refractivity contribution in [3.63, 3.8) is 0 Å². The molecule has 1 aromatic rings. The third kappa shape index (κ3) is 7.79. The van der Waals surface area contributed by atoms with Gasteiger partial charge in [-0.05, 0) is 57.6 Å². The molecule has 190 valence electrons. The summed E-state index contributed by atoms with van der Waals surface area (Å²) in [5.41, 5.74) is 2.08. The smallest absolute Gasteiger partial charge is 0.323 e. The number of aryl methyl sites for hydroxylation is 1. The first-order valence-corrected chi connectivity index (χ1v) is 12.8. The molecule has 3 unspecified atom stereocenters. The molecular formula is C28H38N2O5. The third-order valence-corrected chi connectivity index (χ3v) is 6.55. The zero-order valence-electron chi connectivity index (χ0n) is 20.9. The minimum absolute atomic E-state index is 0.102. The van der Waals surface area contributed by atoms with Crippen molar-refractivity contribution in [3.05, 3.63) is 59.8 Å². The predicted octanol–water partition coefficient (Wildman–Crippen LogP) is 3.93. The van der Waals surface area contributed by atoms with Gasteiger partial charge < -0.3 is 14.4 Å². The molecule has 0 bridgehead atoms. The van der Waals surface area contributed by atoms with Crippen LogP contribution in [0.15, 0.2) is 54.3 Å². The molecule has 1 fully saturated rings. The van der Waals surface area contributed by atoms with Crippen molar-refractivity contribution in [1.29, 1.82) is 0 Å². The van der Waals surface area contributed by atoms with Crippen molar-refractivity contribution in [3.8, 4) is 0 Å². The van der Waals surface area contributed by atoms with E-state index in [9.17, 15) is 14.4 Å². The van der Waals surface area contributed by atoms with E-state index in [1.807, 2.05) is 42.5 Å². The molecule has 0 spiro atoms. The van der Waals surface area contributed by atoms with Gasteiger partial charge in [0.1, 0.15) is 6.04 Å². The van der Waals surface area contributed by atoms with Crippen molar-refractivity contribution >= 4 is 17.8 Å². The SMILES string of the molecule is CCOC(=O)CCN1C(=O)C(NC(CCc2ccccc2)C(=O)OCC)CCCC2CC=CC=C21. The number of hydrogen-bond donors (Lipinski definition) is 1. The van der Waals surface area contributed by atoms with E-state index in [-0.39, 0.29) is 43.3 Å². The zero-order valence-corrected chi connectivity index (χ0v) is 20.9. The zero-order chi connectivity index (χ0) is 25.0. The van der Waals surface area contributed by atoms with Gasteiger partial charge in [-0.3, -0.25) is 19.7 Å². The lowest BCUT2D eigenvalue weighted by Gasteiger charge is -2.37. The second-order valence-electron chi connectivity index (χ2n) is 8.98. The summed E-state index contributed by atoms with van der Waals surface area (Å²) in [6.07, 6.45) is 10.8. The van der Waals surface area contributed by atoms with Gasteiger partial charge >= 0.3 is 11.9 Å². The monoisotopic (exact) mass is 482 g/mol. The predicted molar refractivity (Wildman–Crippen MR) is 134 cm³/mol. The Kier molecular flexibility index (Phi) is 10.5. The summed E-state index contributed by atoms with van der Waals surface area (Å²) in [6.45, 7) is 4.42. The fourth-order valence-electron chi connectivity index (χ4n) is 4.79. The van der Waals surface area contributed by atoms with Gasteiger partial charge in [-0.1, -0.05) is 48.9 Å². The fraction of sp³-hybridized carbons (Fsp3) is 0.536. The molecule has 7 heteroatoms. The van der Waals surface area contributed by atoms with E-state index in [1.54, 1.807) is 18.7 Å².